The average Bonchev–Trinajstić information content (AvgIpc) is 2.81. The van der Waals surface area contributed by atoms with Crippen molar-refractivity contribution in [3.05, 3.63) is 47.5 Å². The second-order valence-corrected chi connectivity index (χ2v) is 5.11. The van der Waals surface area contributed by atoms with Gasteiger partial charge in [-0.15, -0.1) is 0 Å². The third-order valence-corrected chi connectivity index (χ3v) is 3.54. The lowest BCUT2D eigenvalue weighted by atomic mass is 9.79. The Kier molecular flexibility index (Phi) is 3.00. The summed E-state index contributed by atoms with van der Waals surface area (Å²) in [7, 11) is 0. The molecule has 0 aliphatic heterocycles. The molecular formula is C14H11F3N2O2. The summed E-state index contributed by atoms with van der Waals surface area (Å²) in [6, 6.07) is 6.56. The van der Waals surface area contributed by atoms with E-state index >= 15 is 0 Å². The quantitative estimate of drug-likeness (QED) is 0.946. The number of carboxylic acids is 1. The van der Waals surface area contributed by atoms with Gasteiger partial charge in [0.25, 0.3) is 0 Å². The Labute approximate surface area is 117 Å². The monoisotopic (exact) mass is 296 g/mol. The molecule has 1 N–H and O–H groups in total. The Hall–Kier alpha value is -2.31. The van der Waals surface area contributed by atoms with Gasteiger partial charge in [-0.2, -0.15) is 5.10 Å². The fourth-order valence-electron chi connectivity index (χ4n) is 2.45. The molecule has 0 amide bonds. The van der Waals surface area contributed by atoms with E-state index in [4.69, 9.17) is 5.11 Å². The summed E-state index contributed by atoms with van der Waals surface area (Å²) in [6.07, 6.45) is -0.669. The Morgan fingerprint density at radius 1 is 1.29 bits per heavy atom. The van der Waals surface area contributed by atoms with Crippen molar-refractivity contribution < 1.29 is 23.1 Å². The fraction of sp³-hybridized carbons (Fsp3) is 0.286. The van der Waals surface area contributed by atoms with Gasteiger partial charge in [0.1, 0.15) is 5.82 Å². The SMILES string of the molecule is O=C(O)c1cc(C2CC(F)(F)C2)n(-c2ccc(F)cc2)n1. The topological polar surface area (TPSA) is 55.1 Å². The van der Waals surface area contributed by atoms with Gasteiger partial charge in [0.2, 0.25) is 5.92 Å². The van der Waals surface area contributed by atoms with E-state index in [0.717, 1.165) is 0 Å². The first-order valence-corrected chi connectivity index (χ1v) is 6.33. The molecule has 1 saturated carbocycles. The number of hydrogen-bond acceptors (Lipinski definition) is 2. The molecule has 1 heterocycles. The maximum Gasteiger partial charge on any atom is 0.356 e. The molecule has 7 heteroatoms. The molecule has 1 aromatic heterocycles. The van der Waals surface area contributed by atoms with Gasteiger partial charge < -0.3 is 5.11 Å². The number of halogens is 3. The zero-order chi connectivity index (χ0) is 15.2. The highest BCUT2D eigenvalue weighted by Crippen LogP contribution is 2.48. The first-order chi connectivity index (χ1) is 9.85. The van der Waals surface area contributed by atoms with Crippen molar-refractivity contribution in [3.63, 3.8) is 0 Å². The van der Waals surface area contributed by atoms with Crippen LogP contribution in [0, 0.1) is 5.82 Å². The van der Waals surface area contributed by atoms with Crippen molar-refractivity contribution in [2.45, 2.75) is 24.7 Å². The molecule has 3 rings (SSSR count). The zero-order valence-electron chi connectivity index (χ0n) is 10.8. The molecule has 4 nitrogen and oxygen atoms in total. The van der Waals surface area contributed by atoms with Crippen molar-refractivity contribution in [1.29, 1.82) is 0 Å². The van der Waals surface area contributed by atoms with Gasteiger partial charge in [-0.1, -0.05) is 0 Å². The highest BCUT2D eigenvalue weighted by Gasteiger charge is 2.47. The minimum absolute atomic E-state index is 0.218. The molecule has 0 spiro atoms. The molecule has 1 aliphatic carbocycles. The molecule has 0 saturated heterocycles. The first kappa shape index (κ1) is 13.7. The van der Waals surface area contributed by atoms with Crippen molar-refractivity contribution in [2.75, 3.05) is 0 Å². The van der Waals surface area contributed by atoms with Crippen LogP contribution in [-0.2, 0) is 0 Å². The van der Waals surface area contributed by atoms with Crippen LogP contribution in [0.25, 0.3) is 5.69 Å². The van der Waals surface area contributed by atoms with Gasteiger partial charge in [-0.3, -0.25) is 0 Å². The van der Waals surface area contributed by atoms with Crippen LogP contribution in [0.2, 0.25) is 0 Å². The number of aromatic carboxylic acids is 1. The number of benzene rings is 1. The number of rotatable bonds is 3. The summed E-state index contributed by atoms with van der Waals surface area (Å²) in [5, 5.41) is 12.9. The molecule has 0 unspecified atom stereocenters. The van der Waals surface area contributed by atoms with Crippen molar-refractivity contribution in [3.8, 4) is 5.69 Å². The molecule has 1 aliphatic rings. The first-order valence-electron chi connectivity index (χ1n) is 6.33. The Morgan fingerprint density at radius 3 is 2.43 bits per heavy atom. The average molecular weight is 296 g/mol. The van der Waals surface area contributed by atoms with Gasteiger partial charge in [0, 0.05) is 24.5 Å². The van der Waals surface area contributed by atoms with Crippen LogP contribution in [0.15, 0.2) is 30.3 Å². The maximum atomic E-state index is 13.0. The van der Waals surface area contributed by atoms with Gasteiger partial charge in [0.05, 0.1) is 5.69 Å². The molecule has 21 heavy (non-hydrogen) atoms. The van der Waals surface area contributed by atoms with Crippen LogP contribution in [-0.4, -0.2) is 26.8 Å². The van der Waals surface area contributed by atoms with Crippen LogP contribution in [0.3, 0.4) is 0 Å². The van der Waals surface area contributed by atoms with E-state index in [1.54, 1.807) is 0 Å². The summed E-state index contributed by atoms with van der Waals surface area (Å²) in [5.74, 6) is -4.85. The van der Waals surface area contributed by atoms with Gasteiger partial charge >= 0.3 is 5.97 Å². The Bertz CT molecular complexity index is 687. The minimum atomic E-state index is -2.72. The summed E-state index contributed by atoms with van der Waals surface area (Å²) in [4.78, 5) is 11.0. The van der Waals surface area contributed by atoms with E-state index in [9.17, 15) is 18.0 Å². The normalized spacial score (nSPS) is 17.5. The minimum Gasteiger partial charge on any atom is -0.476 e. The molecule has 0 bridgehead atoms. The second kappa shape index (κ2) is 4.61. The van der Waals surface area contributed by atoms with Gasteiger partial charge in [-0.05, 0) is 30.3 Å². The Morgan fingerprint density at radius 2 is 1.90 bits per heavy atom. The van der Waals surface area contributed by atoms with E-state index in [-0.39, 0.29) is 18.5 Å². The number of nitrogens with zero attached hydrogens (tertiary/aromatic N) is 2. The maximum absolute atomic E-state index is 13.0. The number of carboxylic acid groups (broad SMARTS) is 1. The number of hydrogen-bond donors (Lipinski definition) is 1. The fourth-order valence-corrected chi connectivity index (χ4v) is 2.45. The zero-order valence-corrected chi connectivity index (χ0v) is 10.8. The third-order valence-electron chi connectivity index (χ3n) is 3.54. The summed E-state index contributed by atoms with van der Waals surface area (Å²) >= 11 is 0. The summed E-state index contributed by atoms with van der Waals surface area (Å²) in [6.45, 7) is 0. The number of carbonyl (C=O) groups is 1. The van der Waals surface area contributed by atoms with E-state index in [1.165, 1.54) is 35.0 Å². The molecule has 110 valence electrons. The van der Waals surface area contributed by atoms with Gasteiger partial charge in [0.15, 0.2) is 5.69 Å². The lowest BCUT2D eigenvalue weighted by Gasteiger charge is -2.35. The van der Waals surface area contributed by atoms with Crippen LogP contribution in [0.5, 0.6) is 0 Å². The van der Waals surface area contributed by atoms with Gasteiger partial charge in [-0.25, -0.2) is 22.6 Å². The lowest BCUT2D eigenvalue weighted by molar-refractivity contribution is -0.0880. The van der Waals surface area contributed by atoms with Crippen LogP contribution >= 0.6 is 0 Å². The highest BCUT2D eigenvalue weighted by atomic mass is 19.3. The molecule has 1 fully saturated rings. The van der Waals surface area contributed by atoms with E-state index in [1.807, 2.05) is 0 Å². The van der Waals surface area contributed by atoms with Crippen molar-refractivity contribution in [1.82, 2.24) is 9.78 Å². The standard InChI is InChI=1S/C14H11F3N2O2/c15-9-1-3-10(4-2-9)19-12(5-11(18-19)13(20)21)8-6-14(16,17)7-8/h1-5,8H,6-7H2,(H,20,21). The smallest absolute Gasteiger partial charge is 0.356 e. The number of aromatic nitrogens is 2. The van der Waals surface area contributed by atoms with Crippen LogP contribution < -0.4 is 0 Å². The predicted octanol–water partition coefficient (Wildman–Crippen LogP) is 3.22. The number of alkyl halides is 2. The second-order valence-electron chi connectivity index (χ2n) is 5.11. The Balaban J connectivity index is 2.02. The van der Waals surface area contributed by atoms with Crippen LogP contribution in [0.1, 0.15) is 34.9 Å². The largest absolute Gasteiger partial charge is 0.476 e. The summed E-state index contributed by atoms with van der Waals surface area (Å²) < 4.78 is 40.3. The lowest BCUT2D eigenvalue weighted by Crippen LogP contribution is -2.34. The highest BCUT2D eigenvalue weighted by molar-refractivity contribution is 5.85. The third kappa shape index (κ3) is 2.51. The molecular weight excluding hydrogens is 285 g/mol. The van der Waals surface area contributed by atoms with E-state index < -0.39 is 23.6 Å². The van der Waals surface area contributed by atoms with E-state index in [0.29, 0.717) is 11.4 Å². The molecule has 0 atom stereocenters. The summed E-state index contributed by atoms with van der Waals surface area (Å²) in [5.41, 5.74) is 0.628. The molecule has 0 radical (unpaired) electrons. The van der Waals surface area contributed by atoms with Crippen molar-refractivity contribution in [2.24, 2.45) is 0 Å². The predicted molar refractivity (Wildman–Crippen MR) is 67.4 cm³/mol. The molecule has 2 aromatic rings. The van der Waals surface area contributed by atoms with Crippen LogP contribution in [0.4, 0.5) is 13.2 Å². The molecule has 1 aromatic carbocycles. The van der Waals surface area contributed by atoms with Crippen molar-refractivity contribution >= 4 is 5.97 Å². The van der Waals surface area contributed by atoms with E-state index in [2.05, 4.69) is 5.10 Å².